The van der Waals surface area contributed by atoms with Crippen molar-refractivity contribution in [1.82, 2.24) is 0 Å². The van der Waals surface area contributed by atoms with Crippen molar-refractivity contribution in [2.75, 3.05) is 0 Å². The number of carbonyl (C=O) groups is 1. The molecular formula is C13H18O2. The Morgan fingerprint density at radius 2 is 1.60 bits per heavy atom. The highest BCUT2D eigenvalue weighted by atomic mass is 16.4. The number of benzene rings is 1. The van der Waals surface area contributed by atoms with Crippen LogP contribution in [-0.2, 0) is 4.79 Å². The maximum atomic E-state index is 10.3. The molecule has 0 saturated carbocycles. The van der Waals surface area contributed by atoms with Gasteiger partial charge in [-0.2, -0.15) is 0 Å². The minimum absolute atomic E-state index is 0.917. The first-order valence-electron chi connectivity index (χ1n) is 5.07. The highest BCUT2D eigenvalue weighted by Crippen LogP contribution is 2.09. The predicted molar refractivity (Wildman–Crippen MR) is 63.9 cm³/mol. The lowest BCUT2D eigenvalue weighted by atomic mass is 10.1. The molecule has 0 radical (unpaired) electrons. The monoisotopic (exact) mass is 206 g/mol. The normalized spacial score (nSPS) is 9.60. The van der Waals surface area contributed by atoms with Crippen LogP contribution >= 0.6 is 0 Å². The molecule has 0 bridgehead atoms. The van der Waals surface area contributed by atoms with E-state index < -0.39 is 5.97 Å². The van der Waals surface area contributed by atoms with Crippen LogP contribution in [-0.4, -0.2) is 11.1 Å². The fourth-order valence-corrected chi connectivity index (χ4v) is 1.27. The van der Waals surface area contributed by atoms with Crippen LogP contribution in [0.3, 0.4) is 0 Å². The van der Waals surface area contributed by atoms with Gasteiger partial charge in [0.25, 0.3) is 0 Å². The van der Waals surface area contributed by atoms with Gasteiger partial charge in [0.15, 0.2) is 0 Å². The van der Waals surface area contributed by atoms with Gasteiger partial charge in [0.2, 0.25) is 0 Å². The summed E-state index contributed by atoms with van der Waals surface area (Å²) < 4.78 is 0. The van der Waals surface area contributed by atoms with E-state index in [0.29, 0.717) is 0 Å². The molecule has 15 heavy (non-hydrogen) atoms. The van der Waals surface area contributed by atoms with Gasteiger partial charge in [-0.05, 0) is 25.5 Å². The Labute approximate surface area is 91.3 Å². The Kier molecular flexibility index (Phi) is 6.11. The Morgan fingerprint density at radius 3 is 2.00 bits per heavy atom. The second kappa shape index (κ2) is 6.82. The van der Waals surface area contributed by atoms with Crippen LogP contribution in [0.4, 0.5) is 0 Å². The molecule has 0 fully saturated rings. The number of aryl methyl sites for hydroxylation is 2. The highest BCUT2D eigenvalue weighted by molar-refractivity contribution is 5.85. The lowest BCUT2D eigenvalue weighted by molar-refractivity contribution is -0.131. The van der Waals surface area contributed by atoms with E-state index in [1.807, 2.05) is 39.8 Å². The first-order chi connectivity index (χ1) is 7.08. The van der Waals surface area contributed by atoms with Crippen LogP contribution in [0.1, 0.15) is 30.5 Å². The summed E-state index contributed by atoms with van der Waals surface area (Å²) in [5.74, 6) is -0.917. The average molecular weight is 206 g/mol. The van der Waals surface area contributed by atoms with E-state index in [-0.39, 0.29) is 0 Å². The van der Waals surface area contributed by atoms with Gasteiger partial charge < -0.3 is 5.11 Å². The van der Waals surface area contributed by atoms with E-state index in [4.69, 9.17) is 5.11 Å². The summed E-state index contributed by atoms with van der Waals surface area (Å²) in [5.41, 5.74) is 3.22. The van der Waals surface area contributed by atoms with Crippen molar-refractivity contribution in [3.63, 3.8) is 0 Å². The Bertz CT molecular complexity index is 331. The van der Waals surface area contributed by atoms with Crippen LogP contribution in [0.25, 0.3) is 6.08 Å². The van der Waals surface area contributed by atoms with E-state index in [9.17, 15) is 4.79 Å². The van der Waals surface area contributed by atoms with Gasteiger partial charge in [-0.1, -0.05) is 43.2 Å². The number of hydrogen-bond acceptors (Lipinski definition) is 1. The SMILES string of the molecule is CC.Cc1cc(C)cc(/C=C/C(=O)O)c1. The second-order valence-electron chi connectivity index (χ2n) is 3.09. The van der Waals surface area contributed by atoms with Crippen LogP contribution in [0.15, 0.2) is 24.3 Å². The average Bonchev–Trinajstić information content (AvgIpc) is 2.16. The zero-order chi connectivity index (χ0) is 11.8. The summed E-state index contributed by atoms with van der Waals surface area (Å²) in [6, 6.07) is 5.96. The summed E-state index contributed by atoms with van der Waals surface area (Å²) in [5, 5.41) is 8.43. The summed E-state index contributed by atoms with van der Waals surface area (Å²) in [6.07, 6.45) is 2.75. The molecule has 0 aliphatic carbocycles. The first kappa shape index (κ1) is 13.4. The molecule has 0 amide bonds. The molecule has 0 heterocycles. The Hall–Kier alpha value is -1.57. The van der Waals surface area contributed by atoms with Crippen molar-refractivity contribution < 1.29 is 9.90 Å². The fraction of sp³-hybridized carbons (Fsp3) is 0.308. The molecule has 1 rings (SSSR count). The van der Waals surface area contributed by atoms with E-state index in [2.05, 4.69) is 6.07 Å². The summed E-state index contributed by atoms with van der Waals surface area (Å²) in [7, 11) is 0. The number of rotatable bonds is 2. The third kappa shape index (κ3) is 5.68. The van der Waals surface area contributed by atoms with Gasteiger partial charge in [-0.15, -0.1) is 0 Å². The molecule has 0 aliphatic heterocycles. The van der Waals surface area contributed by atoms with Crippen molar-refractivity contribution in [2.24, 2.45) is 0 Å². The number of hydrogen-bond donors (Lipinski definition) is 1. The minimum atomic E-state index is -0.917. The highest BCUT2D eigenvalue weighted by Gasteiger charge is 1.92. The van der Waals surface area contributed by atoms with Gasteiger partial charge in [-0.25, -0.2) is 4.79 Å². The van der Waals surface area contributed by atoms with Crippen molar-refractivity contribution in [3.8, 4) is 0 Å². The zero-order valence-electron chi connectivity index (χ0n) is 9.74. The van der Waals surface area contributed by atoms with Crippen LogP contribution in [0.2, 0.25) is 0 Å². The molecule has 0 spiro atoms. The summed E-state index contributed by atoms with van der Waals surface area (Å²) in [4.78, 5) is 10.3. The lowest BCUT2D eigenvalue weighted by Crippen LogP contribution is -1.86. The van der Waals surface area contributed by atoms with E-state index in [1.54, 1.807) is 6.08 Å². The largest absolute Gasteiger partial charge is 0.478 e. The third-order valence-electron chi connectivity index (χ3n) is 1.66. The van der Waals surface area contributed by atoms with Crippen molar-refractivity contribution in [3.05, 3.63) is 41.0 Å². The summed E-state index contributed by atoms with van der Waals surface area (Å²) in [6.45, 7) is 7.98. The molecule has 0 saturated heterocycles. The topological polar surface area (TPSA) is 37.3 Å². The Morgan fingerprint density at radius 1 is 1.13 bits per heavy atom. The quantitative estimate of drug-likeness (QED) is 0.753. The minimum Gasteiger partial charge on any atom is -0.478 e. The van der Waals surface area contributed by atoms with Crippen molar-refractivity contribution in [1.29, 1.82) is 0 Å². The molecule has 0 aliphatic rings. The standard InChI is InChI=1S/C11H12O2.C2H6/c1-8-5-9(2)7-10(6-8)3-4-11(12)13;1-2/h3-7H,1-2H3,(H,12,13);1-2H3/b4-3+;. The van der Waals surface area contributed by atoms with E-state index in [0.717, 1.165) is 22.8 Å². The maximum Gasteiger partial charge on any atom is 0.328 e. The van der Waals surface area contributed by atoms with Gasteiger partial charge in [0, 0.05) is 6.08 Å². The first-order valence-corrected chi connectivity index (χ1v) is 5.07. The molecular weight excluding hydrogens is 188 g/mol. The molecule has 0 unspecified atom stereocenters. The fourth-order valence-electron chi connectivity index (χ4n) is 1.27. The van der Waals surface area contributed by atoms with E-state index >= 15 is 0 Å². The smallest absolute Gasteiger partial charge is 0.328 e. The van der Waals surface area contributed by atoms with Crippen molar-refractivity contribution >= 4 is 12.0 Å². The Balaban J connectivity index is 0.000000921. The molecule has 82 valence electrons. The molecule has 1 aromatic rings. The van der Waals surface area contributed by atoms with Crippen LogP contribution < -0.4 is 0 Å². The number of carboxylic acids is 1. The second-order valence-corrected chi connectivity index (χ2v) is 3.09. The summed E-state index contributed by atoms with van der Waals surface area (Å²) >= 11 is 0. The maximum absolute atomic E-state index is 10.3. The molecule has 2 heteroatoms. The number of carboxylic acid groups (broad SMARTS) is 1. The predicted octanol–water partition coefficient (Wildman–Crippen LogP) is 3.43. The van der Waals surface area contributed by atoms with E-state index in [1.165, 1.54) is 0 Å². The van der Waals surface area contributed by atoms with Crippen molar-refractivity contribution in [2.45, 2.75) is 27.7 Å². The molecule has 0 atom stereocenters. The van der Waals surface area contributed by atoms with Crippen LogP contribution in [0, 0.1) is 13.8 Å². The van der Waals surface area contributed by atoms with Gasteiger partial charge in [0.1, 0.15) is 0 Å². The zero-order valence-corrected chi connectivity index (χ0v) is 9.74. The van der Waals surface area contributed by atoms with Gasteiger partial charge >= 0.3 is 5.97 Å². The van der Waals surface area contributed by atoms with Crippen LogP contribution in [0.5, 0.6) is 0 Å². The molecule has 0 aromatic heterocycles. The molecule has 1 aromatic carbocycles. The molecule has 2 nitrogen and oxygen atoms in total. The van der Waals surface area contributed by atoms with Gasteiger partial charge in [-0.3, -0.25) is 0 Å². The third-order valence-corrected chi connectivity index (χ3v) is 1.66. The molecule has 1 N–H and O–H groups in total. The lowest BCUT2D eigenvalue weighted by Gasteiger charge is -1.98. The number of aliphatic carboxylic acids is 1. The van der Waals surface area contributed by atoms with Gasteiger partial charge in [0.05, 0.1) is 0 Å².